The van der Waals surface area contributed by atoms with Gasteiger partial charge in [0.2, 0.25) is 0 Å². The highest BCUT2D eigenvalue weighted by atomic mass is 35.5. The molecule has 0 spiro atoms. The molecule has 0 aromatic carbocycles. The Hall–Kier alpha value is -1.74. The van der Waals surface area contributed by atoms with Crippen LogP contribution in [0.1, 0.15) is 27.9 Å². The van der Waals surface area contributed by atoms with Crippen LogP contribution in [0, 0.1) is 11.3 Å². The Morgan fingerprint density at radius 3 is 2.75 bits per heavy atom. The summed E-state index contributed by atoms with van der Waals surface area (Å²) in [4.78, 5) is 14.6. The van der Waals surface area contributed by atoms with Gasteiger partial charge in [-0.05, 0) is 0 Å². The number of ether oxygens (including phenoxy) is 1. The Morgan fingerprint density at radius 1 is 1.69 bits per heavy atom. The van der Waals surface area contributed by atoms with Crippen molar-refractivity contribution in [3.05, 3.63) is 28.0 Å². The van der Waals surface area contributed by atoms with Gasteiger partial charge < -0.3 is 4.74 Å². The van der Waals surface area contributed by atoms with Crippen LogP contribution in [0.5, 0.6) is 0 Å². The van der Waals surface area contributed by atoms with E-state index in [2.05, 4.69) is 9.72 Å². The lowest BCUT2D eigenvalue weighted by Crippen LogP contribution is -2.08. The predicted molar refractivity (Wildman–Crippen MR) is 50.3 cm³/mol. The fourth-order valence-electron chi connectivity index (χ4n) is 1.09. The second-order valence-corrected chi connectivity index (χ2v) is 3.01. The summed E-state index contributed by atoms with van der Waals surface area (Å²) in [7, 11) is 1.07. The molecule has 1 heterocycles. The van der Waals surface area contributed by atoms with Crippen molar-refractivity contribution in [1.29, 1.82) is 5.26 Å². The fraction of sp³-hybridized carbons (Fsp3) is 0.222. The smallest absolute Gasteiger partial charge is 0.340 e. The fourth-order valence-corrected chi connectivity index (χ4v) is 1.31. The number of halogens is 3. The van der Waals surface area contributed by atoms with Gasteiger partial charge in [0, 0.05) is 6.20 Å². The molecule has 7 heteroatoms. The van der Waals surface area contributed by atoms with E-state index in [1.54, 1.807) is 0 Å². The molecule has 1 aromatic rings. The summed E-state index contributed by atoms with van der Waals surface area (Å²) in [5.41, 5.74) is -1.60. The highest BCUT2D eigenvalue weighted by molar-refractivity contribution is 6.30. The van der Waals surface area contributed by atoms with E-state index in [1.807, 2.05) is 0 Å². The largest absolute Gasteiger partial charge is 0.465 e. The van der Waals surface area contributed by atoms with Gasteiger partial charge >= 0.3 is 5.97 Å². The topological polar surface area (TPSA) is 63.0 Å². The lowest BCUT2D eigenvalue weighted by atomic mass is 10.1. The van der Waals surface area contributed by atoms with Crippen LogP contribution in [-0.2, 0) is 4.74 Å². The van der Waals surface area contributed by atoms with E-state index in [1.165, 1.54) is 6.07 Å². The molecule has 0 atom stereocenters. The number of carbonyl (C=O) groups is 1. The number of esters is 1. The molecule has 0 fully saturated rings. The standard InChI is InChI=1S/C9H5ClF2N2O2/c1-16-9(15)5-3-14-7(10)6(8(11)12)4(5)2-13/h3,8H,1H3. The quantitative estimate of drug-likeness (QED) is 0.593. The van der Waals surface area contributed by atoms with Crippen LogP contribution in [0.2, 0.25) is 5.15 Å². The molecule has 4 nitrogen and oxygen atoms in total. The Balaban J connectivity index is 3.51. The summed E-state index contributed by atoms with van der Waals surface area (Å²) in [5, 5.41) is 8.24. The van der Waals surface area contributed by atoms with Crippen molar-refractivity contribution >= 4 is 17.6 Å². The number of hydrogen-bond acceptors (Lipinski definition) is 4. The molecular weight excluding hydrogens is 242 g/mol. The second kappa shape index (κ2) is 4.86. The Morgan fingerprint density at radius 2 is 2.31 bits per heavy atom. The van der Waals surface area contributed by atoms with Gasteiger partial charge in [0.05, 0.1) is 23.8 Å². The van der Waals surface area contributed by atoms with Gasteiger partial charge in [-0.15, -0.1) is 0 Å². The molecule has 0 bridgehead atoms. The second-order valence-electron chi connectivity index (χ2n) is 2.66. The SMILES string of the molecule is COC(=O)c1cnc(Cl)c(C(F)F)c1C#N. The van der Waals surface area contributed by atoms with Crippen molar-refractivity contribution in [2.24, 2.45) is 0 Å². The first-order valence-corrected chi connectivity index (χ1v) is 4.35. The summed E-state index contributed by atoms with van der Waals surface area (Å²) in [6.45, 7) is 0. The first kappa shape index (κ1) is 12.3. The zero-order chi connectivity index (χ0) is 12.3. The van der Waals surface area contributed by atoms with Crippen molar-refractivity contribution < 1.29 is 18.3 Å². The number of carbonyl (C=O) groups excluding carboxylic acids is 1. The zero-order valence-corrected chi connectivity index (χ0v) is 8.76. The van der Waals surface area contributed by atoms with E-state index in [9.17, 15) is 13.6 Å². The maximum Gasteiger partial charge on any atom is 0.340 e. The first-order chi connectivity index (χ1) is 7.52. The maximum absolute atomic E-state index is 12.6. The molecule has 0 aliphatic rings. The zero-order valence-electron chi connectivity index (χ0n) is 8.00. The number of methoxy groups -OCH3 is 1. The average Bonchev–Trinajstić information content (AvgIpc) is 2.26. The highest BCUT2D eigenvalue weighted by Gasteiger charge is 2.24. The summed E-state index contributed by atoms with van der Waals surface area (Å²) >= 11 is 5.43. The van der Waals surface area contributed by atoms with Gasteiger partial charge in [0.15, 0.2) is 0 Å². The predicted octanol–water partition coefficient (Wildman–Crippen LogP) is 2.33. The number of rotatable bonds is 2. The molecule has 0 radical (unpaired) electrons. The Kier molecular flexibility index (Phi) is 3.74. The third-order valence-corrected chi connectivity index (χ3v) is 2.10. The van der Waals surface area contributed by atoms with Gasteiger partial charge in [0.1, 0.15) is 11.2 Å². The number of hydrogen-bond donors (Lipinski definition) is 0. The lowest BCUT2D eigenvalue weighted by molar-refractivity contribution is 0.0599. The van der Waals surface area contributed by atoms with Crippen LogP contribution in [0.15, 0.2) is 6.20 Å². The Labute approximate surface area is 94.4 Å². The van der Waals surface area contributed by atoms with E-state index in [0.29, 0.717) is 0 Å². The summed E-state index contributed by atoms with van der Waals surface area (Å²) in [6.07, 6.45) is -2.06. The third-order valence-electron chi connectivity index (χ3n) is 1.80. The number of alkyl halides is 2. The van der Waals surface area contributed by atoms with Crippen LogP contribution in [-0.4, -0.2) is 18.1 Å². The van der Waals surface area contributed by atoms with Gasteiger partial charge in [-0.3, -0.25) is 0 Å². The van der Waals surface area contributed by atoms with Gasteiger partial charge in [-0.25, -0.2) is 18.6 Å². The van der Waals surface area contributed by atoms with Crippen molar-refractivity contribution in [1.82, 2.24) is 4.98 Å². The van der Waals surface area contributed by atoms with E-state index in [-0.39, 0.29) is 5.56 Å². The maximum atomic E-state index is 12.6. The van der Waals surface area contributed by atoms with Crippen LogP contribution < -0.4 is 0 Å². The molecule has 0 saturated carbocycles. The molecule has 1 rings (SSSR count). The number of nitrogens with zero attached hydrogens (tertiary/aromatic N) is 2. The average molecular weight is 247 g/mol. The van der Waals surface area contributed by atoms with E-state index in [4.69, 9.17) is 16.9 Å². The van der Waals surface area contributed by atoms with Gasteiger partial charge in [0.25, 0.3) is 6.43 Å². The van der Waals surface area contributed by atoms with E-state index >= 15 is 0 Å². The lowest BCUT2D eigenvalue weighted by Gasteiger charge is -2.08. The minimum atomic E-state index is -2.99. The van der Waals surface area contributed by atoms with Crippen molar-refractivity contribution in [3.8, 4) is 6.07 Å². The first-order valence-electron chi connectivity index (χ1n) is 3.97. The minimum Gasteiger partial charge on any atom is -0.465 e. The highest BCUT2D eigenvalue weighted by Crippen LogP contribution is 2.30. The monoisotopic (exact) mass is 246 g/mol. The number of nitriles is 1. The van der Waals surface area contributed by atoms with E-state index in [0.717, 1.165) is 13.3 Å². The molecule has 0 N–H and O–H groups in total. The number of pyridine rings is 1. The molecule has 0 saturated heterocycles. The minimum absolute atomic E-state index is 0.329. The number of aromatic nitrogens is 1. The van der Waals surface area contributed by atoms with Crippen molar-refractivity contribution in [3.63, 3.8) is 0 Å². The molecule has 0 aliphatic carbocycles. The van der Waals surface area contributed by atoms with Crippen LogP contribution in [0.25, 0.3) is 0 Å². The van der Waals surface area contributed by atoms with Gasteiger partial charge in [-0.2, -0.15) is 5.26 Å². The summed E-state index contributed by atoms with van der Waals surface area (Å²) < 4.78 is 29.5. The Bertz CT molecular complexity index is 471. The molecule has 84 valence electrons. The van der Waals surface area contributed by atoms with Crippen LogP contribution >= 0.6 is 11.6 Å². The van der Waals surface area contributed by atoms with Crippen LogP contribution in [0.4, 0.5) is 8.78 Å². The summed E-state index contributed by atoms with van der Waals surface area (Å²) in [5.74, 6) is -0.914. The molecule has 1 aromatic heterocycles. The molecule has 0 aliphatic heterocycles. The van der Waals surface area contributed by atoms with Crippen molar-refractivity contribution in [2.45, 2.75) is 6.43 Å². The third kappa shape index (κ3) is 2.09. The summed E-state index contributed by atoms with van der Waals surface area (Å²) in [6, 6.07) is 1.50. The van der Waals surface area contributed by atoms with E-state index < -0.39 is 28.7 Å². The van der Waals surface area contributed by atoms with Gasteiger partial charge in [-0.1, -0.05) is 11.6 Å². The molecule has 16 heavy (non-hydrogen) atoms. The van der Waals surface area contributed by atoms with Crippen molar-refractivity contribution in [2.75, 3.05) is 7.11 Å². The molecule has 0 unspecified atom stereocenters. The van der Waals surface area contributed by atoms with Crippen LogP contribution in [0.3, 0.4) is 0 Å². The molecule has 0 amide bonds. The normalized spacial score (nSPS) is 10.0. The molecular formula is C9H5ClF2N2O2.